The van der Waals surface area contributed by atoms with Crippen LogP contribution in [0.2, 0.25) is 0 Å². The molecule has 1 aromatic rings. The van der Waals surface area contributed by atoms with E-state index < -0.39 is 0 Å². The Kier molecular flexibility index (Phi) is 2.22. The molecular formula is C8H9OS. The minimum atomic E-state index is 0.441. The third kappa shape index (κ3) is 1.45. The Balaban J connectivity index is 2.91. The van der Waals surface area contributed by atoms with E-state index >= 15 is 0 Å². The van der Waals surface area contributed by atoms with Crippen LogP contribution in [0.1, 0.15) is 15.3 Å². The summed E-state index contributed by atoms with van der Waals surface area (Å²) in [7, 11) is 0. The molecule has 53 valence electrons. The van der Waals surface area contributed by atoms with Crippen molar-refractivity contribution in [2.24, 2.45) is 0 Å². The Morgan fingerprint density at radius 2 is 2.30 bits per heavy atom. The lowest BCUT2D eigenvalue weighted by Crippen LogP contribution is -1.82. The summed E-state index contributed by atoms with van der Waals surface area (Å²) in [5.74, 6) is 0. The van der Waals surface area contributed by atoms with Crippen molar-refractivity contribution in [3.63, 3.8) is 0 Å². The van der Waals surface area contributed by atoms with Gasteiger partial charge in [-0.05, 0) is 25.5 Å². The second-order valence-corrected chi connectivity index (χ2v) is 3.72. The predicted molar refractivity (Wildman–Crippen MR) is 43.2 cm³/mol. The normalized spacial score (nSPS) is 9.80. The molecule has 1 rings (SSSR count). The van der Waals surface area contributed by atoms with Crippen molar-refractivity contribution in [2.75, 3.05) is 0 Å². The Morgan fingerprint density at radius 3 is 2.70 bits per heavy atom. The molecule has 0 saturated heterocycles. The van der Waals surface area contributed by atoms with Crippen LogP contribution in [0.4, 0.5) is 0 Å². The summed E-state index contributed by atoms with van der Waals surface area (Å²) < 4.78 is 0. The smallest absolute Gasteiger partial charge is 0.203 e. The summed E-state index contributed by atoms with van der Waals surface area (Å²) in [6.45, 7) is 4.08. The molecule has 0 aromatic carbocycles. The molecule has 0 atom stereocenters. The lowest BCUT2D eigenvalue weighted by molar-refractivity contribution is 0.555. The molecule has 1 heterocycles. The van der Waals surface area contributed by atoms with E-state index in [0.29, 0.717) is 6.42 Å². The van der Waals surface area contributed by atoms with E-state index in [1.807, 2.05) is 26.2 Å². The Bertz CT molecular complexity index is 237. The molecule has 0 aliphatic carbocycles. The number of carbonyl (C=O) groups excluding carboxylic acids is 1. The predicted octanol–water partition coefficient (Wildman–Crippen LogP) is 2.02. The fraction of sp³-hybridized carbons (Fsp3) is 0.375. The molecule has 1 aromatic heterocycles. The van der Waals surface area contributed by atoms with Gasteiger partial charge in [-0.2, -0.15) is 0 Å². The topological polar surface area (TPSA) is 17.1 Å². The first-order valence-electron chi connectivity index (χ1n) is 3.15. The van der Waals surface area contributed by atoms with Crippen molar-refractivity contribution in [1.29, 1.82) is 0 Å². The van der Waals surface area contributed by atoms with E-state index in [1.165, 1.54) is 9.75 Å². The second-order valence-electron chi connectivity index (χ2n) is 2.26. The van der Waals surface area contributed by atoms with Crippen molar-refractivity contribution in [2.45, 2.75) is 20.3 Å². The summed E-state index contributed by atoms with van der Waals surface area (Å²) >= 11 is 1.73. The van der Waals surface area contributed by atoms with Gasteiger partial charge in [-0.25, -0.2) is 0 Å². The third-order valence-electron chi connectivity index (χ3n) is 1.41. The number of hydrogen-bond acceptors (Lipinski definition) is 2. The minimum absolute atomic E-state index is 0.441. The molecule has 0 saturated carbocycles. The highest BCUT2D eigenvalue weighted by Gasteiger charge is 2.00. The quantitative estimate of drug-likeness (QED) is 0.635. The summed E-state index contributed by atoms with van der Waals surface area (Å²) in [6.07, 6.45) is 2.34. The molecule has 0 aliphatic rings. The van der Waals surface area contributed by atoms with E-state index in [-0.39, 0.29) is 0 Å². The zero-order chi connectivity index (χ0) is 7.56. The maximum atomic E-state index is 10.0. The number of hydrogen-bond donors (Lipinski definition) is 0. The highest BCUT2D eigenvalue weighted by atomic mass is 32.1. The van der Waals surface area contributed by atoms with Gasteiger partial charge in [-0.15, -0.1) is 11.3 Å². The Morgan fingerprint density at radius 1 is 1.60 bits per heavy atom. The lowest BCUT2D eigenvalue weighted by Gasteiger charge is -1.86. The molecule has 2 heteroatoms. The molecular weight excluding hydrogens is 144 g/mol. The Labute approximate surface area is 64.7 Å². The van der Waals surface area contributed by atoms with Gasteiger partial charge in [-0.3, -0.25) is 4.79 Å². The van der Waals surface area contributed by atoms with Gasteiger partial charge >= 0.3 is 0 Å². The standard InChI is InChI=1S/C8H9OS/c1-6-5-8(3-4-9)7(2)10-6/h5H,3H2,1-2H3. The van der Waals surface area contributed by atoms with Gasteiger partial charge in [-0.1, -0.05) is 0 Å². The van der Waals surface area contributed by atoms with Gasteiger partial charge in [0.05, 0.1) is 0 Å². The number of thiophene rings is 1. The van der Waals surface area contributed by atoms with Gasteiger partial charge in [0.15, 0.2) is 0 Å². The van der Waals surface area contributed by atoms with Gasteiger partial charge in [0, 0.05) is 16.2 Å². The van der Waals surface area contributed by atoms with Crippen LogP contribution in [0.5, 0.6) is 0 Å². The first-order valence-corrected chi connectivity index (χ1v) is 3.96. The SMILES string of the molecule is Cc1cc(C[C]=O)c(C)s1. The second kappa shape index (κ2) is 2.97. The maximum Gasteiger partial charge on any atom is 0.203 e. The Hall–Kier alpha value is -0.630. The van der Waals surface area contributed by atoms with Gasteiger partial charge in [0.2, 0.25) is 6.29 Å². The first kappa shape index (κ1) is 7.48. The zero-order valence-electron chi connectivity index (χ0n) is 6.10. The van der Waals surface area contributed by atoms with Crippen LogP contribution >= 0.6 is 11.3 Å². The van der Waals surface area contributed by atoms with E-state index in [4.69, 9.17) is 0 Å². The van der Waals surface area contributed by atoms with Crippen LogP contribution in [-0.4, -0.2) is 6.29 Å². The maximum absolute atomic E-state index is 10.0. The van der Waals surface area contributed by atoms with Crippen molar-refractivity contribution >= 4 is 17.6 Å². The largest absolute Gasteiger partial charge is 0.291 e. The molecule has 10 heavy (non-hydrogen) atoms. The zero-order valence-corrected chi connectivity index (χ0v) is 6.92. The fourth-order valence-corrected chi connectivity index (χ4v) is 1.88. The van der Waals surface area contributed by atoms with Crippen molar-refractivity contribution < 1.29 is 4.79 Å². The highest BCUT2D eigenvalue weighted by Crippen LogP contribution is 2.19. The molecule has 0 fully saturated rings. The van der Waals surface area contributed by atoms with Crippen LogP contribution < -0.4 is 0 Å². The van der Waals surface area contributed by atoms with Crippen LogP contribution in [0, 0.1) is 13.8 Å². The molecule has 1 radical (unpaired) electrons. The summed E-state index contributed by atoms with van der Waals surface area (Å²) in [5.41, 5.74) is 1.12. The van der Waals surface area contributed by atoms with E-state index in [9.17, 15) is 4.79 Å². The molecule has 0 bridgehead atoms. The van der Waals surface area contributed by atoms with Crippen molar-refractivity contribution in [3.8, 4) is 0 Å². The molecule has 0 aliphatic heterocycles. The summed E-state index contributed by atoms with van der Waals surface area (Å²) in [5, 5.41) is 0. The molecule has 0 unspecified atom stereocenters. The van der Waals surface area contributed by atoms with Crippen LogP contribution in [0.3, 0.4) is 0 Å². The minimum Gasteiger partial charge on any atom is -0.291 e. The highest BCUT2D eigenvalue weighted by molar-refractivity contribution is 7.12. The van der Waals surface area contributed by atoms with Crippen LogP contribution in [0.15, 0.2) is 6.07 Å². The summed E-state index contributed by atoms with van der Waals surface area (Å²) in [6, 6.07) is 2.05. The van der Waals surface area contributed by atoms with Gasteiger partial charge < -0.3 is 0 Å². The van der Waals surface area contributed by atoms with Crippen LogP contribution in [-0.2, 0) is 11.2 Å². The van der Waals surface area contributed by atoms with E-state index in [0.717, 1.165) is 5.56 Å². The van der Waals surface area contributed by atoms with Crippen LogP contribution in [0.25, 0.3) is 0 Å². The van der Waals surface area contributed by atoms with E-state index in [1.54, 1.807) is 11.3 Å². The van der Waals surface area contributed by atoms with E-state index in [2.05, 4.69) is 0 Å². The molecule has 0 N–H and O–H groups in total. The average Bonchev–Trinajstić information content (AvgIpc) is 2.13. The molecule has 1 nitrogen and oxygen atoms in total. The number of aryl methyl sites for hydroxylation is 2. The first-order chi connectivity index (χ1) is 4.74. The fourth-order valence-electron chi connectivity index (χ4n) is 0.937. The molecule has 0 amide bonds. The monoisotopic (exact) mass is 153 g/mol. The van der Waals surface area contributed by atoms with Crippen molar-refractivity contribution in [1.82, 2.24) is 0 Å². The van der Waals surface area contributed by atoms with Crippen molar-refractivity contribution in [3.05, 3.63) is 21.4 Å². The molecule has 0 spiro atoms. The average molecular weight is 153 g/mol. The third-order valence-corrected chi connectivity index (χ3v) is 2.41. The van der Waals surface area contributed by atoms with Gasteiger partial charge in [0.25, 0.3) is 0 Å². The lowest BCUT2D eigenvalue weighted by atomic mass is 10.2. The van der Waals surface area contributed by atoms with Gasteiger partial charge in [0.1, 0.15) is 0 Å². The number of rotatable bonds is 2. The summed E-state index contributed by atoms with van der Waals surface area (Å²) in [4.78, 5) is 12.5.